The summed E-state index contributed by atoms with van der Waals surface area (Å²) in [6.07, 6.45) is 0. The van der Waals surface area contributed by atoms with Crippen molar-refractivity contribution in [1.82, 2.24) is 20.2 Å². The molecule has 132 valence electrons. The van der Waals surface area contributed by atoms with Crippen LogP contribution in [0.5, 0.6) is 11.5 Å². The number of anilines is 1. The number of aryl methyl sites for hydroxylation is 1. The Morgan fingerprint density at radius 2 is 2.24 bits per heavy atom. The number of nitrogens with zero attached hydrogens (tertiary/aromatic N) is 4. The predicted molar refractivity (Wildman–Crippen MR) is 97.5 cm³/mol. The lowest BCUT2D eigenvalue weighted by molar-refractivity contribution is 0.287. The number of hydrogen-bond acceptors (Lipinski definition) is 7. The van der Waals surface area contributed by atoms with Crippen LogP contribution in [-0.4, -0.2) is 27.3 Å². The maximum Gasteiger partial charge on any atom is 0.243 e. The minimum absolute atomic E-state index is 0.455. The maximum atomic E-state index is 6.40. The second kappa shape index (κ2) is 8.17. The molecule has 3 aromatic rings. The van der Waals surface area contributed by atoms with E-state index in [0.29, 0.717) is 42.2 Å². The van der Waals surface area contributed by atoms with Crippen LogP contribution in [0.4, 0.5) is 5.95 Å². The molecule has 2 heterocycles. The monoisotopic (exact) mass is 379 g/mol. The Kier molecular flexibility index (Phi) is 5.72. The lowest BCUT2D eigenvalue weighted by atomic mass is 10.2. The second-order valence-electron chi connectivity index (χ2n) is 5.15. The largest absolute Gasteiger partial charge is 0.493 e. The molecule has 3 rings (SSSR count). The first-order valence-electron chi connectivity index (χ1n) is 7.73. The van der Waals surface area contributed by atoms with Gasteiger partial charge in [0.2, 0.25) is 5.95 Å². The highest BCUT2D eigenvalue weighted by Crippen LogP contribution is 2.37. The van der Waals surface area contributed by atoms with Crippen LogP contribution in [0.1, 0.15) is 17.4 Å². The van der Waals surface area contributed by atoms with Crippen molar-refractivity contribution in [2.45, 2.75) is 26.6 Å². The fourth-order valence-electron chi connectivity index (χ4n) is 2.28. The fourth-order valence-corrected chi connectivity index (χ4v) is 3.18. The molecule has 0 aliphatic carbocycles. The van der Waals surface area contributed by atoms with Crippen LogP contribution in [0.2, 0.25) is 5.02 Å². The van der Waals surface area contributed by atoms with Crippen LogP contribution >= 0.6 is 22.9 Å². The summed E-state index contributed by atoms with van der Waals surface area (Å²) < 4.78 is 13.0. The maximum absolute atomic E-state index is 6.40. The molecule has 0 saturated carbocycles. The molecular formula is C16H18ClN5O2S. The normalized spacial score (nSPS) is 10.7. The number of tetrazole rings is 1. The SMILES string of the molecule is CCn1nnnc1NCc1cc(Cl)c(OCc2cccs2)c(OC)c1. The zero-order valence-electron chi connectivity index (χ0n) is 13.9. The van der Waals surface area contributed by atoms with Crippen LogP contribution in [0.25, 0.3) is 0 Å². The molecule has 0 spiro atoms. The van der Waals surface area contributed by atoms with Gasteiger partial charge in [-0.2, -0.15) is 0 Å². The summed E-state index contributed by atoms with van der Waals surface area (Å²) in [4.78, 5) is 1.12. The number of halogens is 1. The Balaban J connectivity index is 1.72. The first-order chi connectivity index (χ1) is 12.2. The zero-order valence-corrected chi connectivity index (χ0v) is 15.5. The van der Waals surface area contributed by atoms with Gasteiger partial charge in [0.05, 0.1) is 12.1 Å². The number of rotatable bonds is 8. The molecule has 2 aromatic heterocycles. The van der Waals surface area contributed by atoms with Gasteiger partial charge in [0.1, 0.15) is 6.61 Å². The number of thiophene rings is 1. The van der Waals surface area contributed by atoms with Crippen LogP contribution in [-0.2, 0) is 19.7 Å². The van der Waals surface area contributed by atoms with Crippen molar-refractivity contribution in [3.05, 3.63) is 45.1 Å². The minimum Gasteiger partial charge on any atom is -0.493 e. The number of hydrogen-bond donors (Lipinski definition) is 1. The van der Waals surface area contributed by atoms with Gasteiger partial charge >= 0.3 is 0 Å². The van der Waals surface area contributed by atoms with Crippen molar-refractivity contribution in [1.29, 1.82) is 0 Å². The third-order valence-corrected chi connectivity index (χ3v) is 4.64. The van der Waals surface area contributed by atoms with Crippen molar-refractivity contribution in [3.63, 3.8) is 0 Å². The van der Waals surface area contributed by atoms with Gasteiger partial charge in [0.15, 0.2) is 11.5 Å². The molecule has 0 aliphatic rings. The Morgan fingerprint density at radius 3 is 2.96 bits per heavy atom. The molecule has 0 aliphatic heterocycles. The first kappa shape index (κ1) is 17.5. The van der Waals surface area contributed by atoms with Crippen LogP contribution < -0.4 is 14.8 Å². The fraction of sp³-hybridized carbons (Fsp3) is 0.312. The molecule has 25 heavy (non-hydrogen) atoms. The van der Waals surface area contributed by atoms with Crippen molar-refractivity contribution >= 4 is 28.9 Å². The van der Waals surface area contributed by atoms with Gasteiger partial charge in [-0.25, -0.2) is 4.68 Å². The van der Waals surface area contributed by atoms with E-state index in [-0.39, 0.29) is 0 Å². The van der Waals surface area contributed by atoms with E-state index in [1.165, 1.54) is 0 Å². The smallest absolute Gasteiger partial charge is 0.243 e. The van der Waals surface area contributed by atoms with Gasteiger partial charge in [0.25, 0.3) is 0 Å². The molecule has 0 radical (unpaired) electrons. The molecule has 0 amide bonds. The van der Waals surface area contributed by atoms with E-state index >= 15 is 0 Å². The molecule has 0 saturated heterocycles. The Morgan fingerprint density at radius 1 is 1.36 bits per heavy atom. The van der Waals surface area contributed by atoms with E-state index in [4.69, 9.17) is 21.1 Å². The average molecular weight is 380 g/mol. The number of nitrogens with one attached hydrogen (secondary N) is 1. The molecule has 0 fully saturated rings. The Hall–Kier alpha value is -2.32. The van der Waals surface area contributed by atoms with Gasteiger partial charge in [0, 0.05) is 18.0 Å². The lowest BCUT2D eigenvalue weighted by Gasteiger charge is -2.14. The summed E-state index contributed by atoms with van der Waals surface area (Å²) in [7, 11) is 1.60. The van der Waals surface area contributed by atoms with Crippen LogP contribution in [0, 0.1) is 0 Å². The van der Waals surface area contributed by atoms with Gasteiger partial charge in [-0.1, -0.05) is 22.8 Å². The van der Waals surface area contributed by atoms with E-state index in [0.717, 1.165) is 10.4 Å². The van der Waals surface area contributed by atoms with Gasteiger partial charge in [-0.15, -0.1) is 11.3 Å². The topological polar surface area (TPSA) is 74.1 Å². The third kappa shape index (κ3) is 4.21. The highest BCUT2D eigenvalue weighted by molar-refractivity contribution is 7.09. The highest BCUT2D eigenvalue weighted by atomic mass is 35.5. The third-order valence-electron chi connectivity index (χ3n) is 3.51. The summed E-state index contributed by atoms with van der Waals surface area (Å²) in [5.74, 6) is 1.74. The molecule has 0 atom stereocenters. The van der Waals surface area contributed by atoms with Crippen molar-refractivity contribution in [2.24, 2.45) is 0 Å². The molecule has 1 aromatic carbocycles. The van der Waals surface area contributed by atoms with E-state index in [1.54, 1.807) is 23.1 Å². The number of benzene rings is 1. The number of aromatic nitrogens is 4. The van der Waals surface area contributed by atoms with Gasteiger partial charge < -0.3 is 14.8 Å². The van der Waals surface area contributed by atoms with E-state index in [1.807, 2.05) is 36.6 Å². The van der Waals surface area contributed by atoms with E-state index < -0.39 is 0 Å². The van der Waals surface area contributed by atoms with Crippen molar-refractivity contribution < 1.29 is 9.47 Å². The first-order valence-corrected chi connectivity index (χ1v) is 8.98. The average Bonchev–Trinajstić information content (AvgIpc) is 3.29. The van der Waals surface area contributed by atoms with E-state index in [2.05, 4.69) is 20.8 Å². The summed E-state index contributed by atoms with van der Waals surface area (Å²) in [6, 6.07) is 7.74. The lowest BCUT2D eigenvalue weighted by Crippen LogP contribution is -2.08. The summed E-state index contributed by atoms with van der Waals surface area (Å²) >= 11 is 8.03. The summed E-state index contributed by atoms with van der Waals surface area (Å²) in [5.41, 5.74) is 0.941. The van der Waals surface area contributed by atoms with Crippen molar-refractivity contribution in [3.8, 4) is 11.5 Å². The van der Waals surface area contributed by atoms with Gasteiger partial charge in [-0.05, 0) is 46.5 Å². The van der Waals surface area contributed by atoms with Crippen molar-refractivity contribution in [2.75, 3.05) is 12.4 Å². The summed E-state index contributed by atoms with van der Waals surface area (Å²) in [6.45, 7) is 3.63. The molecule has 0 unspecified atom stereocenters. The molecule has 9 heteroatoms. The molecule has 7 nitrogen and oxygen atoms in total. The molecular weight excluding hydrogens is 362 g/mol. The second-order valence-corrected chi connectivity index (χ2v) is 6.59. The van der Waals surface area contributed by atoms with Gasteiger partial charge in [-0.3, -0.25) is 0 Å². The van der Waals surface area contributed by atoms with E-state index in [9.17, 15) is 0 Å². The zero-order chi connectivity index (χ0) is 17.6. The number of ether oxygens (including phenoxy) is 2. The van der Waals surface area contributed by atoms with Crippen LogP contribution in [0.15, 0.2) is 29.6 Å². The standard InChI is InChI=1S/C16H18ClN5O2S/c1-3-22-16(19-20-21-22)18-9-11-7-13(17)15(14(8-11)23-2)24-10-12-5-4-6-25-12/h4-8H,3,9-10H2,1-2H3,(H,18,19,21). The Bertz CT molecular complexity index is 822. The Labute approximate surface area is 154 Å². The van der Waals surface area contributed by atoms with Crippen LogP contribution in [0.3, 0.4) is 0 Å². The molecule has 1 N–H and O–H groups in total. The predicted octanol–water partition coefficient (Wildman–Crippen LogP) is 3.61. The number of methoxy groups -OCH3 is 1. The molecule has 0 bridgehead atoms. The minimum atomic E-state index is 0.455. The quantitative estimate of drug-likeness (QED) is 0.644. The highest BCUT2D eigenvalue weighted by Gasteiger charge is 2.13. The summed E-state index contributed by atoms with van der Waals surface area (Å²) in [5, 5.41) is 17.2.